The average Bonchev–Trinajstić information content (AvgIpc) is 3.27. The van der Waals surface area contributed by atoms with Crippen LogP contribution < -0.4 is 15.8 Å². The SMILES string of the molecule is CC(C)=C(F)CNC(=O)[C@@H]1C[C@H]2C[C@H]2N1C(=O)Cn1nc(OC(N)=O)c2cc(C)ncc21. The highest BCUT2D eigenvalue weighted by Gasteiger charge is 2.56. The Morgan fingerprint density at radius 1 is 1.31 bits per heavy atom. The Morgan fingerprint density at radius 3 is 2.75 bits per heavy atom. The van der Waals surface area contributed by atoms with Crippen molar-refractivity contribution in [2.24, 2.45) is 11.7 Å². The van der Waals surface area contributed by atoms with Gasteiger partial charge in [0.05, 0.1) is 23.6 Å². The van der Waals surface area contributed by atoms with E-state index < -0.39 is 18.0 Å². The number of fused-ring (bicyclic) bond motifs is 2. The number of piperidine rings is 1. The van der Waals surface area contributed by atoms with Crippen LogP contribution in [0.25, 0.3) is 10.9 Å². The van der Waals surface area contributed by atoms with Crippen molar-refractivity contribution in [1.82, 2.24) is 25.0 Å². The molecular formula is C21H25FN6O4. The molecule has 1 aliphatic carbocycles. The molecule has 1 saturated carbocycles. The minimum absolute atomic E-state index is 0.00455. The number of carbonyl (C=O) groups excluding carboxylic acids is 3. The Kier molecular flexibility index (Phi) is 5.57. The van der Waals surface area contributed by atoms with Crippen molar-refractivity contribution in [3.05, 3.63) is 29.4 Å². The minimum atomic E-state index is -1.02. The molecule has 1 aliphatic heterocycles. The van der Waals surface area contributed by atoms with Crippen LogP contribution in [-0.2, 0) is 16.1 Å². The molecule has 3 amide bonds. The lowest BCUT2D eigenvalue weighted by Crippen LogP contribution is -2.49. The number of ether oxygens (including phenoxy) is 1. The van der Waals surface area contributed by atoms with Crippen LogP contribution >= 0.6 is 0 Å². The summed E-state index contributed by atoms with van der Waals surface area (Å²) in [6, 6.07) is 1.03. The molecule has 0 unspecified atom stereocenters. The van der Waals surface area contributed by atoms with E-state index in [1.807, 2.05) is 0 Å². The molecule has 0 radical (unpaired) electrons. The highest BCUT2D eigenvalue weighted by Crippen LogP contribution is 2.48. The van der Waals surface area contributed by atoms with Crippen LogP contribution in [0.3, 0.4) is 0 Å². The van der Waals surface area contributed by atoms with Gasteiger partial charge in [0.1, 0.15) is 18.4 Å². The van der Waals surface area contributed by atoms with Gasteiger partial charge in [-0.15, -0.1) is 5.10 Å². The molecule has 0 spiro atoms. The number of rotatable bonds is 6. The van der Waals surface area contributed by atoms with Gasteiger partial charge in [0, 0.05) is 11.7 Å². The summed E-state index contributed by atoms with van der Waals surface area (Å²) in [7, 11) is 0. The zero-order valence-corrected chi connectivity index (χ0v) is 18.1. The number of nitrogens with zero attached hydrogens (tertiary/aromatic N) is 4. The molecule has 11 heteroatoms. The first kappa shape index (κ1) is 21.7. The monoisotopic (exact) mass is 444 g/mol. The van der Waals surface area contributed by atoms with E-state index in [4.69, 9.17) is 10.5 Å². The number of pyridine rings is 1. The van der Waals surface area contributed by atoms with Crippen molar-refractivity contribution in [1.29, 1.82) is 0 Å². The summed E-state index contributed by atoms with van der Waals surface area (Å²) in [4.78, 5) is 42.9. The molecule has 170 valence electrons. The summed E-state index contributed by atoms with van der Waals surface area (Å²) >= 11 is 0. The molecule has 4 rings (SSSR count). The molecule has 2 aromatic rings. The van der Waals surface area contributed by atoms with E-state index in [0.717, 1.165) is 6.42 Å². The van der Waals surface area contributed by atoms with Crippen molar-refractivity contribution in [2.75, 3.05) is 6.54 Å². The second-order valence-corrected chi connectivity index (χ2v) is 8.47. The number of primary amides is 1. The van der Waals surface area contributed by atoms with Gasteiger partial charge in [-0.05, 0) is 51.2 Å². The van der Waals surface area contributed by atoms with Crippen LogP contribution in [0.1, 0.15) is 32.4 Å². The fourth-order valence-corrected chi connectivity index (χ4v) is 4.16. The van der Waals surface area contributed by atoms with Crippen LogP contribution in [0.15, 0.2) is 23.7 Å². The number of aromatic nitrogens is 3. The lowest BCUT2D eigenvalue weighted by molar-refractivity contribution is -0.140. The minimum Gasteiger partial charge on any atom is -0.389 e. The van der Waals surface area contributed by atoms with Gasteiger partial charge >= 0.3 is 6.09 Å². The maximum Gasteiger partial charge on any atom is 0.411 e. The van der Waals surface area contributed by atoms with Gasteiger partial charge in [-0.25, -0.2) is 9.18 Å². The smallest absolute Gasteiger partial charge is 0.389 e. The molecule has 32 heavy (non-hydrogen) atoms. The van der Waals surface area contributed by atoms with Crippen molar-refractivity contribution >= 4 is 28.8 Å². The summed E-state index contributed by atoms with van der Waals surface area (Å²) < 4.78 is 20.2. The summed E-state index contributed by atoms with van der Waals surface area (Å²) in [6.07, 6.45) is 1.91. The number of amides is 3. The zero-order chi connectivity index (χ0) is 23.2. The number of aryl methyl sites for hydroxylation is 1. The molecule has 0 aromatic carbocycles. The standard InChI is InChI=1S/C21H25FN6O4/c1-10(2)14(22)7-25-19(30)16-6-12-5-15(12)28(16)18(29)9-27-17-8-24-11(3)4-13(17)20(26-27)32-21(23)31/h4,8,12,15-16H,5-7,9H2,1-3H3,(H2,23,31)(H,25,30)/t12-,15-,16+/m1/s1. The van der Waals surface area contributed by atoms with E-state index >= 15 is 0 Å². The second-order valence-electron chi connectivity index (χ2n) is 8.47. The molecule has 10 nitrogen and oxygen atoms in total. The first-order chi connectivity index (χ1) is 15.2. The van der Waals surface area contributed by atoms with Crippen molar-refractivity contribution in [2.45, 2.75) is 52.2 Å². The number of nitrogens with two attached hydrogens (primary N) is 1. The van der Waals surface area contributed by atoms with Crippen LogP contribution in [0.2, 0.25) is 0 Å². The first-order valence-electron chi connectivity index (χ1n) is 10.4. The normalized spacial score (nSPS) is 21.2. The van der Waals surface area contributed by atoms with Gasteiger partial charge in [-0.1, -0.05) is 0 Å². The third-order valence-electron chi connectivity index (χ3n) is 5.88. The van der Waals surface area contributed by atoms with Gasteiger partial charge in [0.15, 0.2) is 0 Å². The van der Waals surface area contributed by atoms with Crippen LogP contribution in [0.4, 0.5) is 9.18 Å². The van der Waals surface area contributed by atoms with Gasteiger partial charge < -0.3 is 20.7 Å². The third kappa shape index (κ3) is 4.14. The Labute approximate surface area is 183 Å². The Balaban J connectivity index is 1.54. The quantitative estimate of drug-likeness (QED) is 0.695. The van der Waals surface area contributed by atoms with Gasteiger partial charge in [0.25, 0.3) is 5.88 Å². The fourth-order valence-electron chi connectivity index (χ4n) is 4.16. The summed E-state index contributed by atoms with van der Waals surface area (Å²) in [6.45, 7) is 4.66. The lowest BCUT2D eigenvalue weighted by Gasteiger charge is -2.27. The van der Waals surface area contributed by atoms with Crippen LogP contribution in [0, 0.1) is 12.8 Å². The average molecular weight is 444 g/mol. The van der Waals surface area contributed by atoms with Crippen molar-refractivity contribution in [3.8, 4) is 5.88 Å². The fraction of sp³-hybridized carbons (Fsp3) is 0.476. The Morgan fingerprint density at radius 2 is 2.06 bits per heavy atom. The van der Waals surface area contributed by atoms with E-state index in [2.05, 4.69) is 15.4 Å². The number of allylic oxidation sites excluding steroid dienone is 1. The molecule has 2 fully saturated rings. The predicted octanol–water partition coefficient (Wildman–Crippen LogP) is 1.57. The number of likely N-dealkylation sites (tertiary alicyclic amines) is 1. The highest BCUT2D eigenvalue weighted by atomic mass is 19.1. The Hall–Kier alpha value is -3.50. The number of hydrogen-bond acceptors (Lipinski definition) is 6. The number of carbonyl (C=O) groups is 3. The maximum absolute atomic E-state index is 13.8. The molecule has 1 saturated heterocycles. The lowest BCUT2D eigenvalue weighted by atomic mass is 10.1. The van der Waals surface area contributed by atoms with Crippen molar-refractivity contribution < 1.29 is 23.5 Å². The summed E-state index contributed by atoms with van der Waals surface area (Å²) in [5, 5.41) is 7.31. The second kappa shape index (κ2) is 8.21. The molecule has 0 bridgehead atoms. The van der Waals surface area contributed by atoms with Crippen molar-refractivity contribution in [3.63, 3.8) is 0 Å². The molecule has 3 heterocycles. The molecule has 3 atom stereocenters. The largest absolute Gasteiger partial charge is 0.411 e. The first-order valence-corrected chi connectivity index (χ1v) is 10.4. The van der Waals surface area contributed by atoms with E-state index in [0.29, 0.717) is 28.6 Å². The number of halogens is 1. The van der Waals surface area contributed by atoms with Gasteiger partial charge in [-0.3, -0.25) is 19.3 Å². The topological polar surface area (TPSA) is 132 Å². The predicted molar refractivity (Wildman–Crippen MR) is 112 cm³/mol. The molecule has 3 N–H and O–H groups in total. The molecule has 2 aromatic heterocycles. The van der Waals surface area contributed by atoms with Crippen LogP contribution in [-0.4, -0.2) is 56.2 Å². The highest BCUT2D eigenvalue weighted by molar-refractivity contribution is 5.91. The Bertz CT molecular complexity index is 1140. The van der Waals surface area contributed by atoms with E-state index in [1.54, 1.807) is 31.7 Å². The number of nitrogens with one attached hydrogen (secondary N) is 1. The van der Waals surface area contributed by atoms with E-state index in [9.17, 15) is 18.8 Å². The zero-order valence-electron chi connectivity index (χ0n) is 18.1. The summed E-state index contributed by atoms with van der Waals surface area (Å²) in [5.74, 6) is -0.804. The summed E-state index contributed by atoms with van der Waals surface area (Å²) in [5.41, 5.74) is 6.81. The van der Waals surface area contributed by atoms with Gasteiger partial charge in [0.2, 0.25) is 11.8 Å². The maximum atomic E-state index is 13.8. The third-order valence-corrected chi connectivity index (χ3v) is 5.88. The van der Waals surface area contributed by atoms with E-state index in [-0.39, 0.29) is 42.7 Å². The van der Waals surface area contributed by atoms with Crippen LogP contribution in [0.5, 0.6) is 5.88 Å². The molecule has 2 aliphatic rings. The molecular weight excluding hydrogens is 419 g/mol. The number of hydrogen-bond donors (Lipinski definition) is 2. The van der Waals surface area contributed by atoms with Gasteiger partial charge in [-0.2, -0.15) is 0 Å². The van der Waals surface area contributed by atoms with E-state index in [1.165, 1.54) is 10.9 Å².